The summed E-state index contributed by atoms with van der Waals surface area (Å²) >= 11 is 1.44. The number of ether oxygens (including phenoxy) is 1. The van der Waals surface area contributed by atoms with Crippen LogP contribution in [0.5, 0.6) is 0 Å². The minimum absolute atomic E-state index is 0.385. The molecule has 0 unspecified atom stereocenters. The molecule has 0 saturated heterocycles. The van der Waals surface area contributed by atoms with E-state index in [0.717, 1.165) is 30.1 Å². The van der Waals surface area contributed by atoms with Crippen LogP contribution in [0.3, 0.4) is 0 Å². The number of carbonyl (C=O) groups excluding carboxylic acids is 1. The number of thiazole rings is 1. The van der Waals surface area contributed by atoms with Gasteiger partial charge in [-0.15, -0.1) is 0 Å². The number of carbonyl (C=O) groups is 1. The van der Waals surface area contributed by atoms with E-state index < -0.39 is 0 Å². The molecule has 0 radical (unpaired) electrons. The third-order valence-corrected chi connectivity index (χ3v) is 3.50. The van der Waals surface area contributed by atoms with Crippen molar-refractivity contribution in [3.8, 4) is 0 Å². The molecule has 5 heteroatoms. The summed E-state index contributed by atoms with van der Waals surface area (Å²) in [5.41, 5.74) is 0.740. The molecule has 0 saturated carbocycles. The van der Waals surface area contributed by atoms with Gasteiger partial charge in [-0.25, -0.2) is 4.98 Å². The van der Waals surface area contributed by atoms with Crippen molar-refractivity contribution in [1.29, 1.82) is 0 Å². The smallest absolute Gasteiger partial charge is 0.186 e. The molecule has 0 spiro atoms. The molecule has 1 rings (SSSR count). The Bertz CT molecular complexity index is 363. The van der Waals surface area contributed by atoms with Gasteiger partial charge in [0, 0.05) is 19.7 Å². The number of hydrogen-bond donors (Lipinski definition) is 0. The highest BCUT2D eigenvalue weighted by atomic mass is 32.1. The Labute approximate surface area is 107 Å². The topological polar surface area (TPSA) is 42.4 Å². The second-order valence-corrected chi connectivity index (χ2v) is 5.15. The molecule has 0 fully saturated rings. The minimum atomic E-state index is 0.385. The van der Waals surface area contributed by atoms with E-state index in [0.29, 0.717) is 17.5 Å². The molecule has 1 aromatic heterocycles. The molecule has 17 heavy (non-hydrogen) atoms. The van der Waals surface area contributed by atoms with Gasteiger partial charge in [0.2, 0.25) is 0 Å². The fourth-order valence-electron chi connectivity index (χ4n) is 1.62. The molecule has 1 aromatic rings. The van der Waals surface area contributed by atoms with Crippen LogP contribution in [-0.4, -0.2) is 31.0 Å². The van der Waals surface area contributed by atoms with E-state index in [2.05, 4.69) is 30.7 Å². The van der Waals surface area contributed by atoms with E-state index in [1.54, 1.807) is 7.11 Å². The van der Waals surface area contributed by atoms with E-state index in [1.165, 1.54) is 11.3 Å². The molecular weight excluding hydrogens is 236 g/mol. The number of methoxy groups -OCH3 is 1. The van der Waals surface area contributed by atoms with Gasteiger partial charge in [-0.05, 0) is 20.3 Å². The first-order chi connectivity index (χ1) is 8.13. The molecular formula is C12H20N2O2S. The van der Waals surface area contributed by atoms with E-state index in [1.807, 2.05) is 0 Å². The molecule has 0 aliphatic carbocycles. The number of anilines is 1. The zero-order chi connectivity index (χ0) is 12.8. The third kappa shape index (κ3) is 3.51. The number of aldehydes is 1. The first kappa shape index (κ1) is 14.1. The van der Waals surface area contributed by atoms with Gasteiger partial charge < -0.3 is 9.64 Å². The lowest BCUT2D eigenvalue weighted by Gasteiger charge is -2.25. The first-order valence-electron chi connectivity index (χ1n) is 5.84. The summed E-state index contributed by atoms with van der Waals surface area (Å²) in [6.45, 7) is 7.75. The number of rotatable bonds is 7. The lowest BCUT2D eigenvalue weighted by atomic mass is 10.3. The predicted octanol–water partition coefficient (Wildman–Crippen LogP) is 2.73. The molecule has 0 bridgehead atoms. The van der Waals surface area contributed by atoms with Crippen LogP contribution in [-0.2, 0) is 11.3 Å². The van der Waals surface area contributed by atoms with Gasteiger partial charge in [0.1, 0.15) is 0 Å². The maximum Gasteiger partial charge on any atom is 0.186 e. The predicted molar refractivity (Wildman–Crippen MR) is 71.0 cm³/mol. The Morgan fingerprint density at radius 1 is 1.53 bits per heavy atom. The highest BCUT2D eigenvalue weighted by Gasteiger charge is 2.17. The largest absolute Gasteiger partial charge is 0.378 e. The Balaban J connectivity index is 2.99. The minimum Gasteiger partial charge on any atom is -0.378 e. The zero-order valence-corrected chi connectivity index (χ0v) is 11.7. The number of aromatic nitrogens is 1. The fraction of sp³-hybridized carbons (Fsp3) is 0.667. The van der Waals surface area contributed by atoms with E-state index in [4.69, 9.17) is 4.74 Å². The Morgan fingerprint density at radius 3 is 2.71 bits per heavy atom. The SMILES string of the molecule is CCCN(c1nc(COC)c(C=O)s1)C(C)C. The van der Waals surface area contributed by atoms with Crippen molar-refractivity contribution in [1.82, 2.24) is 4.98 Å². The summed E-state index contributed by atoms with van der Waals surface area (Å²) in [5, 5.41) is 0.913. The van der Waals surface area contributed by atoms with E-state index in [9.17, 15) is 4.79 Å². The van der Waals surface area contributed by atoms with Crippen molar-refractivity contribution in [3.05, 3.63) is 10.6 Å². The monoisotopic (exact) mass is 256 g/mol. The Morgan fingerprint density at radius 2 is 2.24 bits per heavy atom. The molecule has 0 aliphatic heterocycles. The van der Waals surface area contributed by atoms with Crippen molar-refractivity contribution < 1.29 is 9.53 Å². The van der Waals surface area contributed by atoms with Crippen molar-refractivity contribution in [2.75, 3.05) is 18.6 Å². The number of hydrogen-bond acceptors (Lipinski definition) is 5. The van der Waals surface area contributed by atoms with Crippen LogP contribution >= 0.6 is 11.3 Å². The molecule has 4 nitrogen and oxygen atoms in total. The van der Waals surface area contributed by atoms with E-state index >= 15 is 0 Å². The maximum absolute atomic E-state index is 11.0. The zero-order valence-electron chi connectivity index (χ0n) is 10.9. The van der Waals surface area contributed by atoms with Crippen molar-refractivity contribution >= 4 is 22.8 Å². The average molecular weight is 256 g/mol. The van der Waals surface area contributed by atoms with Crippen LogP contribution in [0.4, 0.5) is 5.13 Å². The molecule has 0 atom stereocenters. The lowest BCUT2D eigenvalue weighted by molar-refractivity contribution is 0.112. The molecule has 96 valence electrons. The highest BCUT2D eigenvalue weighted by molar-refractivity contribution is 7.17. The van der Waals surface area contributed by atoms with Crippen molar-refractivity contribution in [3.63, 3.8) is 0 Å². The normalized spacial score (nSPS) is 10.9. The Hall–Kier alpha value is -0.940. The van der Waals surface area contributed by atoms with Crippen LogP contribution in [0.1, 0.15) is 42.6 Å². The summed E-state index contributed by atoms with van der Waals surface area (Å²) in [6.07, 6.45) is 1.92. The summed E-state index contributed by atoms with van der Waals surface area (Å²) in [7, 11) is 1.61. The van der Waals surface area contributed by atoms with Gasteiger partial charge in [0.25, 0.3) is 0 Å². The average Bonchev–Trinajstić information content (AvgIpc) is 2.69. The van der Waals surface area contributed by atoms with Crippen LogP contribution in [0.2, 0.25) is 0 Å². The van der Waals surface area contributed by atoms with Crippen molar-refractivity contribution in [2.45, 2.75) is 39.8 Å². The Kier molecular flexibility index (Phi) is 5.58. The first-order valence-corrected chi connectivity index (χ1v) is 6.66. The lowest BCUT2D eigenvalue weighted by Crippen LogP contribution is -2.31. The molecule has 0 aliphatic rings. The van der Waals surface area contributed by atoms with Gasteiger partial charge in [0.15, 0.2) is 11.4 Å². The maximum atomic E-state index is 11.0. The van der Waals surface area contributed by atoms with Crippen LogP contribution < -0.4 is 4.90 Å². The quantitative estimate of drug-likeness (QED) is 0.703. The van der Waals surface area contributed by atoms with E-state index in [-0.39, 0.29) is 0 Å². The van der Waals surface area contributed by atoms with Crippen LogP contribution in [0.15, 0.2) is 0 Å². The molecule has 1 heterocycles. The molecule has 0 amide bonds. The second kappa shape index (κ2) is 6.71. The standard InChI is InChI=1S/C12H20N2O2S/c1-5-6-14(9(2)3)12-13-10(8-16-4)11(7-15)17-12/h7,9H,5-6,8H2,1-4H3. The van der Waals surface area contributed by atoms with Gasteiger partial charge >= 0.3 is 0 Å². The van der Waals surface area contributed by atoms with Crippen molar-refractivity contribution in [2.24, 2.45) is 0 Å². The second-order valence-electron chi connectivity index (χ2n) is 4.15. The highest BCUT2D eigenvalue weighted by Crippen LogP contribution is 2.27. The summed E-state index contributed by atoms with van der Waals surface area (Å²) in [6, 6.07) is 0.385. The summed E-state index contributed by atoms with van der Waals surface area (Å²) in [4.78, 5) is 18.4. The van der Waals surface area contributed by atoms with Crippen LogP contribution in [0, 0.1) is 0 Å². The van der Waals surface area contributed by atoms with Gasteiger partial charge in [-0.2, -0.15) is 0 Å². The van der Waals surface area contributed by atoms with Gasteiger partial charge in [-0.1, -0.05) is 18.3 Å². The summed E-state index contributed by atoms with van der Waals surface area (Å²) < 4.78 is 5.05. The fourth-order valence-corrected chi connectivity index (χ4v) is 2.66. The number of nitrogens with zero attached hydrogens (tertiary/aromatic N) is 2. The van der Waals surface area contributed by atoms with Gasteiger partial charge in [-0.3, -0.25) is 4.79 Å². The third-order valence-electron chi connectivity index (χ3n) is 2.44. The van der Waals surface area contributed by atoms with Crippen LogP contribution in [0.25, 0.3) is 0 Å². The van der Waals surface area contributed by atoms with Gasteiger partial charge in [0.05, 0.1) is 17.2 Å². The summed E-state index contributed by atoms with van der Waals surface area (Å²) in [5.74, 6) is 0. The molecule has 0 aromatic carbocycles. The molecule has 0 N–H and O–H groups in total.